The lowest BCUT2D eigenvalue weighted by Crippen LogP contribution is -2.47. The molecule has 0 aromatic carbocycles. The van der Waals surface area contributed by atoms with Crippen LogP contribution in [0.15, 0.2) is 21.2 Å². The Bertz CT molecular complexity index is 347. The maximum absolute atomic E-state index is 9.57. The van der Waals surface area contributed by atoms with Gasteiger partial charge >= 0.3 is 0 Å². The van der Waals surface area contributed by atoms with Gasteiger partial charge in [-0.05, 0) is 47.8 Å². The first kappa shape index (κ1) is 12.1. The third-order valence-electron chi connectivity index (χ3n) is 3.31. The summed E-state index contributed by atoms with van der Waals surface area (Å²) in [5, 5.41) is 13.1. The Labute approximate surface area is 104 Å². The molecular formula is C12H18BrNO2. The van der Waals surface area contributed by atoms with Crippen LogP contribution in [0.25, 0.3) is 0 Å². The molecule has 0 aliphatic heterocycles. The summed E-state index contributed by atoms with van der Waals surface area (Å²) in [6.45, 7) is 2.03. The fraction of sp³-hybridized carbons (Fsp3) is 0.667. The van der Waals surface area contributed by atoms with Gasteiger partial charge in [-0.3, -0.25) is 0 Å². The van der Waals surface area contributed by atoms with Crippen LogP contribution in [0.3, 0.4) is 0 Å². The molecule has 1 fully saturated rings. The van der Waals surface area contributed by atoms with E-state index >= 15 is 0 Å². The standard InChI is InChI=1S/C12H18BrNO2/c1-12(8-15,10-6-7-11(13)16-10)14-9-4-2-3-5-9/h6-7,9,14-15H,2-5,8H2,1H3. The topological polar surface area (TPSA) is 45.4 Å². The average Bonchev–Trinajstić information content (AvgIpc) is 2.89. The second-order valence-corrected chi connectivity index (χ2v) is 5.50. The quantitative estimate of drug-likeness (QED) is 0.895. The highest BCUT2D eigenvalue weighted by atomic mass is 79.9. The predicted octanol–water partition coefficient (Wildman–Crippen LogP) is 2.78. The SMILES string of the molecule is CC(CO)(NC1CCCC1)c1ccc(Br)o1. The van der Waals surface area contributed by atoms with E-state index in [1.165, 1.54) is 25.7 Å². The van der Waals surface area contributed by atoms with Crippen LogP contribution in [0.4, 0.5) is 0 Å². The second-order valence-electron chi connectivity index (χ2n) is 4.72. The molecule has 1 saturated carbocycles. The van der Waals surface area contributed by atoms with Crippen molar-refractivity contribution in [3.63, 3.8) is 0 Å². The third-order valence-corrected chi connectivity index (χ3v) is 3.74. The van der Waals surface area contributed by atoms with Crippen molar-refractivity contribution < 1.29 is 9.52 Å². The second kappa shape index (κ2) is 4.90. The summed E-state index contributed by atoms with van der Waals surface area (Å²) >= 11 is 3.29. The number of nitrogens with one attached hydrogen (secondary N) is 1. The Kier molecular flexibility index (Phi) is 3.72. The molecule has 90 valence electrons. The van der Waals surface area contributed by atoms with Gasteiger partial charge in [0.25, 0.3) is 0 Å². The maximum atomic E-state index is 9.57. The fourth-order valence-electron chi connectivity index (χ4n) is 2.33. The summed E-state index contributed by atoms with van der Waals surface area (Å²) in [7, 11) is 0. The van der Waals surface area contributed by atoms with Crippen LogP contribution in [0.2, 0.25) is 0 Å². The largest absolute Gasteiger partial charge is 0.452 e. The number of hydrogen-bond acceptors (Lipinski definition) is 3. The van der Waals surface area contributed by atoms with Crippen LogP contribution in [-0.4, -0.2) is 17.8 Å². The van der Waals surface area contributed by atoms with Crippen molar-refractivity contribution in [2.24, 2.45) is 0 Å². The summed E-state index contributed by atoms with van der Waals surface area (Å²) < 4.78 is 6.25. The Morgan fingerprint density at radius 3 is 2.69 bits per heavy atom. The molecule has 1 aliphatic carbocycles. The van der Waals surface area contributed by atoms with E-state index in [0.29, 0.717) is 10.7 Å². The molecule has 0 amide bonds. The molecule has 1 atom stereocenters. The van der Waals surface area contributed by atoms with Crippen LogP contribution in [-0.2, 0) is 5.54 Å². The van der Waals surface area contributed by atoms with Gasteiger partial charge in [-0.1, -0.05) is 12.8 Å². The van der Waals surface area contributed by atoms with Gasteiger partial charge in [0.05, 0.1) is 12.1 Å². The number of rotatable bonds is 4. The average molecular weight is 288 g/mol. The van der Waals surface area contributed by atoms with Crippen molar-refractivity contribution in [3.8, 4) is 0 Å². The number of furan rings is 1. The van der Waals surface area contributed by atoms with E-state index in [-0.39, 0.29) is 6.61 Å². The molecule has 0 saturated heterocycles. The van der Waals surface area contributed by atoms with Gasteiger partial charge in [0.2, 0.25) is 0 Å². The first-order valence-electron chi connectivity index (χ1n) is 5.78. The first-order valence-corrected chi connectivity index (χ1v) is 6.58. The first-order chi connectivity index (χ1) is 7.64. The molecule has 16 heavy (non-hydrogen) atoms. The Morgan fingerprint density at radius 2 is 2.19 bits per heavy atom. The Balaban J connectivity index is 2.11. The minimum Gasteiger partial charge on any atom is -0.452 e. The zero-order valence-corrected chi connectivity index (χ0v) is 11.1. The van der Waals surface area contributed by atoms with Gasteiger partial charge in [0, 0.05) is 6.04 Å². The Morgan fingerprint density at radius 1 is 1.50 bits per heavy atom. The van der Waals surface area contributed by atoms with Gasteiger partial charge < -0.3 is 14.8 Å². The van der Waals surface area contributed by atoms with Crippen LogP contribution in [0, 0.1) is 0 Å². The van der Waals surface area contributed by atoms with Gasteiger partial charge in [0.15, 0.2) is 4.67 Å². The normalized spacial score (nSPS) is 21.2. The molecule has 0 bridgehead atoms. The van der Waals surface area contributed by atoms with Crippen LogP contribution < -0.4 is 5.32 Å². The molecule has 1 unspecified atom stereocenters. The van der Waals surface area contributed by atoms with Gasteiger partial charge in [-0.2, -0.15) is 0 Å². The highest BCUT2D eigenvalue weighted by molar-refractivity contribution is 9.10. The highest BCUT2D eigenvalue weighted by Gasteiger charge is 2.32. The van der Waals surface area contributed by atoms with Gasteiger partial charge in [-0.25, -0.2) is 0 Å². The van der Waals surface area contributed by atoms with E-state index in [2.05, 4.69) is 21.2 Å². The van der Waals surface area contributed by atoms with Crippen LogP contribution in [0.1, 0.15) is 38.4 Å². The van der Waals surface area contributed by atoms with E-state index in [1.807, 2.05) is 19.1 Å². The minimum atomic E-state index is -0.471. The van der Waals surface area contributed by atoms with Crippen LogP contribution in [0.5, 0.6) is 0 Å². The third kappa shape index (κ3) is 2.50. The zero-order valence-electron chi connectivity index (χ0n) is 9.50. The van der Waals surface area contributed by atoms with Crippen molar-refractivity contribution >= 4 is 15.9 Å². The highest BCUT2D eigenvalue weighted by Crippen LogP contribution is 2.28. The molecule has 1 aliphatic rings. The van der Waals surface area contributed by atoms with E-state index in [4.69, 9.17) is 4.42 Å². The number of aliphatic hydroxyl groups is 1. The van der Waals surface area contributed by atoms with Crippen LogP contribution >= 0.6 is 15.9 Å². The van der Waals surface area contributed by atoms with E-state index in [9.17, 15) is 5.11 Å². The van der Waals surface area contributed by atoms with Crippen molar-refractivity contribution in [1.29, 1.82) is 0 Å². The monoisotopic (exact) mass is 287 g/mol. The van der Waals surface area contributed by atoms with Gasteiger partial charge in [-0.15, -0.1) is 0 Å². The molecule has 3 nitrogen and oxygen atoms in total. The summed E-state index contributed by atoms with van der Waals surface area (Å²) in [6.07, 6.45) is 4.94. The van der Waals surface area contributed by atoms with E-state index in [1.54, 1.807) is 0 Å². The zero-order chi connectivity index (χ0) is 11.6. The minimum absolute atomic E-state index is 0.0451. The van der Waals surface area contributed by atoms with E-state index in [0.717, 1.165) is 5.76 Å². The molecule has 1 aromatic rings. The molecule has 0 radical (unpaired) electrons. The number of halogens is 1. The lowest BCUT2D eigenvalue weighted by molar-refractivity contribution is 0.138. The predicted molar refractivity (Wildman–Crippen MR) is 66.2 cm³/mol. The summed E-state index contributed by atoms with van der Waals surface area (Å²) in [5.74, 6) is 0.786. The number of hydrogen-bond donors (Lipinski definition) is 2. The lowest BCUT2D eigenvalue weighted by atomic mass is 9.98. The van der Waals surface area contributed by atoms with E-state index < -0.39 is 5.54 Å². The summed E-state index contributed by atoms with van der Waals surface area (Å²) in [4.78, 5) is 0. The summed E-state index contributed by atoms with van der Waals surface area (Å²) in [6, 6.07) is 4.27. The molecule has 4 heteroatoms. The maximum Gasteiger partial charge on any atom is 0.169 e. The molecular weight excluding hydrogens is 270 g/mol. The van der Waals surface area contributed by atoms with Crippen molar-refractivity contribution in [2.75, 3.05) is 6.61 Å². The lowest BCUT2D eigenvalue weighted by Gasteiger charge is -2.30. The fourth-order valence-corrected chi connectivity index (χ4v) is 2.63. The smallest absolute Gasteiger partial charge is 0.169 e. The molecule has 2 rings (SSSR count). The van der Waals surface area contributed by atoms with Crippen molar-refractivity contribution in [1.82, 2.24) is 5.32 Å². The Hall–Kier alpha value is -0.320. The number of aliphatic hydroxyl groups excluding tert-OH is 1. The summed E-state index contributed by atoms with van der Waals surface area (Å²) in [5.41, 5.74) is -0.471. The van der Waals surface area contributed by atoms with Crippen molar-refractivity contribution in [2.45, 2.75) is 44.2 Å². The van der Waals surface area contributed by atoms with Gasteiger partial charge in [0.1, 0.15) is 5.76 Å². The van der Waals surface area contributed by atoms with Crippen molar-refractivity contribution in [3.05, 3.63) is 22.6 Å². The molecule has 2 N–H and O–H groups in total. The molecule has 0 spiro atoms. The molecule has 1 aromatic heterocycles. The molecule has 1 heterocycles.